The lowest BCUT2D eigenvalue weighted by Crippen LogP contribution is -2.43. The number of benzene rings is 2. The molecule has 160 valence electrons. The maximum atomic E-state index is 13.9. The molecule has 1 atom stereocenters. The Morgan fingerprint density at radius 1 is 1.13 bits per heavy atom. The van der Waals surface area contributed by atoms with Crippen LogP contribution in [0, 0.1) is 5.82 Å². The highest BCUT2D eigenvalue weighted by atomic mass is 19.4. The van der Waals surface area contributed by atoms with E-state index in [1.165, 1.54) is 46.1 Å². The maximum Gasteiger partial charge on any atom is 0.416 e. The molecule has 2 aromatic carbocycles. The molecule has 0 bridgehead atoms. The number of nitrogens with one attached hydrogen (secondary N) is 1. The van der Waals surface area contributed by atoms with Crippen molar-refractivity contribution < 1.29 is 27.2 Å². The Labute approximate surface area is 174 Å². The third-order valence-corrected chi connectivity index (χ3v) is 4.98. The first-order valence-electron chi connectivity index (χ1n) is 9.29. The molecule has 31 heavy (non-hydrogen) atoms. The molecule has 0 saturated carbocycles. The Kier molecular flexibility index (Phi) is 5.00. The summed E-state index contributed by atoms with van der Waals surface area (Å²) in [5.41, 5.74) is -0.594. The van der Waals surface area contributed by atoms with Crippen LogP contribution in [0.4, 0.5) is 28.9 Å². The van der Waals surface area contributed by atoms with Gasteiger partial charge in [-0.15, -0.1) is 0 Å². The Morgan fingerprint density at radius 2 is 1.81 bits per heavy atom. The van der Waals surface area contributed by atoms with E-state index < -0.39 is 29.4 Å². The minimum atomic E-state index is -4.49. The number of alkyl halides is 3. The van der Waals surface area contributed by atoms with E-state index in [0.29, 0.717) is 0 Å². The Balaban J connectivity index is 1.64. The zero-order chi connectivity index (χ0) is 22.3. The van der Waals surface area contributed by atoms with E-state index in [0.717, 1.165) is 18.2 Å². The summed E-state index contributed by atoms with van der Waals surface area (Å²) >= 11 is 0. The predicted octanol–water partition coefficient (Wildman–Crippen LogP) is 4.51. The van der Waals surface area contributed by atoms with Gasteiger partial charge in [-0.2, -0.15) is 18.3 Å². The number of carbonyl (C=O) groups excluding carboxylic acids is 2. The summed E-state index contributed by atoms with van der Waals surface area (Å²) < 4.78 is 53.9. The van der Waals surface area contributed by atoms with Crippen LogP contribution in [0.5, 0.6) is 0 Å². The zero-order valence-electron chi connectivity index (χ0n) is 16.2. The fourth-order valence-electron chi connectivity index (χ4n) is 3.44. The van der Waals surface area contributed by atoms with E-state index >= 15 is 0 Å². The maximum absolute atomic E-state index is 13.9. The number of amides is 2. The molecule has 1 aliphatic rings. The van der Waals surface area contributed by atoms with E-state index in [-0.39, 0.29) is 35.2 Å². The van der Waals surface area contributed by atoms with Crippen molar-refractivity contribution in [2.24, 2.45) is 0 Å². The average molecular weight is 432 g/mol. The van der Waals surface area contributed by atoms with Crippen molar-refractivity contribution in [2.45, 2.75) is 19.1 Å². The van der Waals surface area contributed by atoms with Crippen LogP contribution >= 0.6 is 0 Å². The largest absolute Gasteiger partial charge is 0.416 e. The second kappa shape index (κ2) is 7.53. The zero-order valence-corrected chi connectivity index (χ0v) is 16.2. The van der Waals surface area contributed by atoms with Gasteiger partial charge in [0.2, 0.25) is 0 Å². The molecular weight excluding hydrogens is 416 g/mol. The lowest BCUT2D eigenvalue weighted by molar-refractivity contribution is -0.137. The van der Waals surface area contributed by atoms with Crippen molar-refractivity contribution in [2.75, 3.05) is 16.8 Å². The normalized spacial score (nSPS) is 16.2. The number of aromatic nitrogens is 2. The number of carbonyl (C=O) groups is 2. The quantitative estimate of drug-likeness (QED) is 0.619. The summed E-state index contributed by atoms with van der Waals surface area (Å²) in [7, 11) is 0. The van der Waals surface area contributed by atoms with Gasteiger partial charge in [0.05, 0.1) is 29.1 Å². The number of hydrogen-bond acceptors (Lipinski definition) is 3. The molecule has 0 spiro atoms. The van der Waals surface area contributed by atoms with Gasteiger partial charge in [-0.1, -0.05) is 12.1 Å². The molecule has 6 nitrogen and oxygen atoms in total. The van der Waals surface area contributed by atoms with Crippen molar-refractivity contribution in [3.63, 3.8) is 0 Å². The van der Waals surface area contributed by atoms with Gasteiger partial charge < -0.3 is 10.2 Å². The molecule has 0 aliphatic carbocycles. The van der Waals surface area contributed by atoms with Crippen molar-refractivity contribution in [1.82, 2.24) is 9.78 Å². The highest BCUT2D eigenvalue weighted by Crippen LogP contribution is 2.33. The lowest BCUT2D eigenvalue weighted by Gasteiger charge is -2.32. The summed E-state index contributed by atoms with van der Waals surface area (Å²) in [6.07, 6.45) is -3.20. The molecule has 1 aromatic heterocycles. The summed E-state index contributed by atoms with van der Waals surface area (Å²) in [6, 6.07) is 9.33. The van der Waals surface area contributed by atoms with Gasteiger partial charge in [0.1, 0.15) is 5.82 Å². The van der Waals surface area contributed by atoms with Crippen LogP contribution in [0.3, 0.4) is 0 Å². The molecule has 2 amide bonds. The topological polar surface area (TPSA) is 67.2 Å². The minimum absolute atomic E-state index is 0.0586. The standard InChI is InChI=1S/C21H16F4N4O2/c1-12-11-28(14-8-6-13(7-9-14)21(23,24)25)20(31)18-17(10-26-29(12)18)27-19(30)15-4-2-3-5-16(15)22/h2-10,12H,11H2,1H3,(H,27,30). The van der Waals surface area contributed by atoms with E-state index in [1.807, 2.05) is 0 Å². The highest BCUT2D eigenvalue weighted by molar-refractivity contribution is 6.13. The molecule has 1 aliphatic heterocycles. The molecule has 10 heteroatoms. The van der Waals surface area contributed by atoms with Crippen molar-refractivity contribution in [3.05, 3.63) is 77.4 Å². The fourth-order valence-corrected chi connectivity index (χ4v) is 3.44. The first kappa shape index (κ1) is 20.6. The minimum Gasteiger partial charge on any atom is -0.319 e. The summed E-state index contributed by atoms with van der Waals surface area (Å²) in [6.45, 7) is 1.96. The molecule has 1 N–H and O–H groups in total. The smallest absolute Gasteiger partial charge is 0.319 e. The second-order valence-corrected chi connectivity index (χ2v) is 7.09. The Hall–Kier alpha value is -3.69. The third kappa shape index (κ3) is 3.76. The van der Waals surface area contributed by atoms with Crippen LogP contribution in [-0.4, -0.2) is 28.1 Å². The van der Waals surface area contributed by atoms with Gasteiger partial charge in [-0.25, -0.2) is 4.39 Å². The van der Waals surface area contributed by atoms with E-state index in [2.05, 4.69) is 10.4 Å². The van der Waals surface area contributed by atoms with E-state index in [9.17, 15) is 27.2 Å². The van der Waals surface area contributed by atoms with Gasteiger partial charge in [0.15, 0.2) is 5.69 Å². The molecule has 3 aromatic rings. The number of hydrogen-bond donors (Lipinski definition) is 1. The molecular formula is C21H16F4N4O2. The highest BCUT2D eigenvalue weighted by Gasteiger charge is 2.35. The van der Waals surface area contributed by atoms with Gasteiger partial charge >= 0.3 is 6.18 Å². The lowest BCUT2D eigenvalue weighted by atomic mass is 10.1. The molecule has 4 rings (SSSR count). The molecule has 2 heterocycles. The van der Waals surface area contributed by atoms with Crippen LogP contribution in [0.15, 0.2) is 54.7 Å². The average Bonchev–Trinajstić information content (AvgIpc) is 3.15. The monoisotopic (exact) mass is 432 g/mol. The summed E-state index contributed by atoms with van der Waals surface area (Å²) in [5, 5.41) is 6.64. The molecule has 0 saturated heterocycles. The first-order valence-corrected chi connectivity index (χ1v) is 9.29. The Bertz CT molecular complexity index is 1150. The SMILES string of the molecule is CC1CN(c2ccc(C(F)(F)F)cc2)C(=O)c2c(NC(=O)c3ccccc3F)cnn21. The number of halogens is 4. The van der Waals surface area contributed by atoms with Gasteiger partial charge in [0, 0.05) is 12.2 Å². The van der Waals surface area contributed by atoms with Crippen molar-refractivity contribution in [3.8, 4) is 0 Å². The number of anilines is 2. The van der Waals surface area contributed by atoms with Crippen molar-refractivity contribution >= 4 is 23.2 Å². The number of nitrogens with zero attached hydrogens (tertiary/aromatic N) is 3. The summed E-state index contributed by atoms with van der Waals surface area (Å²) in [4.78, 5) is 26.9. The Morgan fingerprint density at radius 3 is 2.45 bits per heavy atom. The van der Waals surface area contributed by atoms with Crippen LogP contribution in [0.2, 0.25) is 0 Å². The number of rotatable bonds is 3. The molecule has 0 radical (unpaired) electrons. The van der Waals surface area contributed by atoms with E-state index in [4.69, 9.17) is 0 Å². The van der Waals surface area contributed by atoms with Crippen molar-refractivity contribution in [1.29, 1.82) is 0 Å². The second-order valence-electron chi connectivity index (χ2n) is 7.09. The number of fused-ring (bicyclic) bond motifs is 1. The van der Waals surface area contributed by atoms with Crippen LogP contribution in [0.1, 0.15) is 39.4 Å². The first-order chi connectivity index (χ1) is 14.7. The predicted molar refractivity (Wildman–Crippen MR) is 104 cm³/mol. The van der Waals surface area contributed by atoms with Crippen LogP contribution in [0.25, 0.3) is 0 Å². The summed E-state index contributed by atoms with van der Waals surface area (Å²) in [5.74, 6) is -2.01. The van der Waals surface area contributed by atoms with Crippen LogP contribution in [-0.2, 0) is 6.18 Å². The fraction of sp³-hybridized carbons (Fsp3) is 0.190. The molecule has 0 fully saturated rings. The van der Waals surface area contributed by atoms with E-state index in [1.54, 1.807) is 6.92 Å². The van der Waals surface area contributed by atoms with Gasteiger partial charge in [-0.05, 0) is 43.3 Å². The van der Waals surface area contributed by atoms with Gasteiger partial charge in [0.25, 0.3) is 11.8 Å². The third-order valence-electron chi connectivity index (χ3n) is 4.98. The van der Waals surface area contributed by atoms with Crippen LogP contribution < -0.4 is 10.2 Å². The molecule has 1 unspecified atom stereocenters. The van der Waals surface area contributed by atoms with Gasteiger partial charge in [-0.3, -0.25) is 14.3 Å².